The predicted molar refractivity (Wildman–Crippen MR) is 151 cm³/mol. The molecule has 1 fully saturated rings. The van der Waals surface area contributed by atoms with Crippen molar-refractivity contribution in [3.63, 3.8) is 0 Å². The van der Waals surface area contributed by atoms with E-state index < -0.39 is 8.32 Å². The number of hydrogen-bond acceptors (Lipinski definition) is 4. The molecule has 2 rings (SSSR count). The maximum atomic E-state index is 13.0. The predicted octanol–water partition coefficient (Wildman–Crippen LogP) is 7.73. The second-order valence-corrected chi connectivity index (χ2v) is 17.9. The Morgan fingerprint density at radius 1 is 1.03 bits per heavy atom. The molecule has 0 amide bonds. The highest BCUT2D eigenvalue weighted by Crippen LogP contribution is 2.44. The van der Waals surface area contributed by atoms with Gasteiger partial charge < -0.3 is 14.0 Å². The molecule has 0 spiro atoms. The highest BCUT2D eigenvalue weighted by molar-refractivity contribution is 6.74. The summed E-state index contributed by atoms with van der Waals surface area (Å²) in [4.78, 5) is 24.7. The Labute approximate surface area is 221 Å². The van der Waals surface area contributed by atoms with Gasteiger partial charge in [0.1, 0.15) is 12.4 Å². The molecule has 0 heterocycles. The molecule has 1 aliphatic carbocycles. The van der Waals surface area contributed by atoms with Crippen LogP contribution in [0.25, 0.3) is 0 Å². The zero-order valence-corrected chi connectivity index (χ0v) is 25.3. The van der Waals surface area contributed by atoms with Crippen molar-refractivity contribution < 1.29 is 18.8 Å². The van der Waals surface area contributed by atoms with E-state index in [0.717, 1.165) is 25.5 Å². The zero-order valence-electron chi connectivity index (χ0n) is 24.3. The SMILES string of the molecule is C[C@@H]1CC[C@@H](C(C)(C)c2ccccc2)[C@H](OC(=O)/C=C\[C@@H](C)[C@@H](O[Si](C)(C)C(C)(C)C)[C@@H](C)C=O)C1. The Morgan fingerprint density at radius 2 is 1.64 bits per heavy atom. The smallest absolute Gasteiger partial charge is 0.330 e. The summed E-state index contributed by atoms with van der Waals surface area (Å²) < 4.78 is 12.8. The summed E-state index contributed by atoms with van der Waals surface area (Å²) in [6.45, 7) is 21.7. The maximum absolute atomic E-state index is 13.0. The Kier molecular flexibility index (Phi) is 10.3. The second kappa shape index (κ2) is 12.2. The van der Waals surface area contributed by atoms with E-state index in [-0.39, 0.29) is 46.4 Å². The summed E-state index contributed by atoms with van der Waals surface area (Å²) in [5, 5.41) is 0.0362. The van der Waals surface area contributed by atoms with Crippen LogP contribution in [0.1, 0.15) is 80.2 Å². The summed E-state index contributed by atoms with van der Waals surface area (Å²) in [5.41, 5.74) is 1.19. The number of ether oxygens (including phenoxy) is 1. The summed E-state index contributed by atoms with van der Waals surface area (Å²) in [5.74, 6) is 0.137. The molecule has 0 saturated heterocycles. The van der Waals surface area contributed by atoms with Gasteiger partial charge in [-0.1, -0.05) is 98.2 Å². The number of aldehydes is 1. The molecule has 6 atom stereocenters. The fourth-order valence-electron chi connectivity index (χ4n) is 5.18. The first kappa shape index (κ1) is 30.5. The van der Waals surface area contributed by atoms with Crippen LogP contribution in [-0.2, 0) is 24.2 Å². The number of carbonyl (C=O) groups is 2. The normalized spacial score (nSPS) is 24.2. The van der Waals surface area contributed by atoms with Crippen molar-refractivity contribution in [2.45, 2.75) is 110 Å². The van der Waals surface area contributed by atoms with Gasteiger partial charge in [0.15, 0.2) is 8.32 Å². The van der Waals surface area contributed by atoms with E-state index in [0.29, 0.717) is 5.92 Å². The van der Waals surface area contributed by atoms with Gasteiger partial charge in [-0.3, -0.25) is 0 Å². The fourth-order valence-corrected chi connectivity index (χ4v) is 6.65. The van der Waals surface area contributed by atoms with Crippen molar-refractivity contribution in [3.8, 4) is 0 Å². The third-order valence-corrected chi connectivity index (χ3v) is 13.3. The lowest BCUT2D eigenvalue weighted by atomic mass is 9.64. The average molecular weight is 515 g/mol. The second-order valence-electron chi connectivity index (χ2n) is 13.1. The molecule has 5 heteroatoms. The lowest BCUT2D eigenvalue weighted by Gasteiger charge is -2.43. The van der Waals surface area contributed by atoms with Crippen LogP contribution in [-0.4, -0.2) is 32.8 Å². The van der Waals surface area contributed by atoms with Crippen LogP contribution in [0.3, 0.4) is 0 Å². The minimum Gasteiger partial charge on any atom is -0.459 e. The van der Waals surface area contributed by atoms with Gasteiger partial charge in [0, 0.05) is 23.8 Å². The molecule has 0 bridgehead atoms. The van der Waals surface area contributed by atoms with Gasteiger partial charge >= 0.3 is 5.97 Å². The van der Waals surface area contributed by atoms with Crippen LogP contribution in [0.5, 0.6) is 0 Å². The standard InChI is InChI=1S/C31H50O4Si/c1-22-16-18-26(31(7,8)25-14-12-11-13-15-25)27(20-22)34-28(33)19-17-23(2)29(24(3)21-32)35-36(9,10)30(4,5)6/h11-15,17,19,21-24,26-27,29H,16,18,20H2,1-10H3/b19-17-/t22-,23-,24+,26-,27-,29-/m1/s1. The first-order valence-electron chi connectivity index (χ1n) is 13.7. The van der Waals surface area contributed by atoms with E-state index in [1.165, 1.54) is 5.56 Å². The van der Waals surface area contributed by atoms with Gasteiger partial charge in [-0.05, 0) is 47.9 Å². The van der Waals surface area contributed by atoms with Gasteiger partial charge in [0.05, 0.1) is 6.10 Å². The van der Waals surface area contributed by atoms with Gasteiger partial charge in [-0.15, -0.1) is 0 Å². The number of rotatable bonds is 10. The number of benzene rings is 1. The van der Waals surface area contributed by atoms with Crippen molar-refractivity contribution in [3.05, 3.63) is 48.0 Å². The van der Waals surface area contributed by atoms with Crippen molar-refractivity contribution >= 4 is 20.6 Å². The molecule has 0 radical (unpaired) electrons. The van der Waals surface area contributed by atoms with Crippen LogP contribution in [0.4, 0.5) is 0 Å². The number of carbonyl (C=O) groups excluding carboxylic acids is 2. The van der Waals surface area contributed by atoms with Gasteiger partial charge in [-0.2, -0.15) is 0 Å². The molecule has 1 saturated carbocycles. The molecule has 1 aromatic rings. The summed E-state index contributed by atoms with van der Waals surface area (Å²) >= 11 is 0. The molecule has 0 unspecified atom stereocenters. The van der Waals surface area contributed by atoms with Crippen molar-refractivity contribution in [1.29, 1.82) is 0 Å². The molecule has 1 aromatic carbocycles. The summed E-state index contributed by atoms with van der Waals surface area (Å²) in [6.07, 6.45) is 7.06. The summed E-state index contributed by atoms with van der Waals surface area (Å²) in [7, 11) is -2.08. The minimum atomic E-state index is -2.08. The van der Waals surface area contributed by atoms with Crippen molar-refractivity contribution in [2.75, 3.05) is 0 Å². The van der Waals surface area contributed by atoms with Crippen LogP contribution in [0.15, 0.2) is 42.5 Å². The van der Waals surface area contributed by atoms with Gasteiger partial charge in [-0.25, -0.2) is 4.79 Å². The fraction of sp³-hybridized carbons (Fsp3) is 0.677. The third kappa shape index (κ3) is 7.64. The molecule has 0 aromatic heterocycles. The molecule has 1 aliphatic rings. The number of hydrogen-bond donors (Lipinski definition) is 0. The van der Waals surface area contributed by atoms with E-state index >= 15 is 0 Å². The Hall–Kier alpha value is -1.72. The highest BCUT2D eigenvalue weighted by Gasteiger charge is 2.43. The lowest BCUT2D eigenvalue weighted by molar-refractivity contribution is -0.150. The molecular weight excluding hydrogens is 464 g/mol. The van der Waals surface area contributed by atoms with Crippen molar-refractivity contribution in [2.24, 2.45) is 23.7 Å². The highest BCUT2D eigenvalue weighted by atomic mass is 28.4. The van der Waals surface area contributed by atoms with E-state index in [4.69, 9.17) is 9.16 Å². The monoisotopic (exact) mass is 514 g/mol. The quantitative estimate of drug-likeness (QED) is 0.139. The molecule has 0 aliphatic heterocycles. The first-order chi connectivity index (χ1) is 16.6. The van der Waals surface area contributed by atoms with E-state index in [9.17, 15) is 9.59 Å². The maximum Gasteiger partial charge on any atom is 0.330 e. The average Bonchev–Trinajstić information content (AvgIpc) is 2.80. The number of esters is 1. The van der Waals surface area contributed by atoms with Crippen LogP contribution < -0.4 is 0 Å². The van der Waals surface area contributed by atoms with Crippen LogP contribution >= 0.6 is 0 Å². The molecular formula is C31H50O4Si. The Morgan fingerprint density at radius 3 is 2.19 bits per heavy atom. The largest absolute Gasteiger partial charge is 0.459 e. The molecule has 36 heavy (non-hydrogen) atoms. The van der Waals surface area contributed by atoms with E-state index in [2.05, 4.69) is 78.9 Å². The molecule has 202 valence electrons. The molecule has 4 nitrogen and oxygen atoms in total. The summed E-state index contributed by atoms with van der Waals surface area (Å²) in [6, 6.07) is 10.6. The van der Waals surface area contributed by atoms with Crippen molar-refractivity contribution in [1.82, 2.24) is 0 Å². The third-order valence-electron chi connectivity index (χ3n) is 8.79. The van der Waals surface area contributed by atoms with E-state index in [1.54, 1.807) is 6.08 Å². The van der Waals surface area contributed by atoms with Crippen LogP contribution in [0, 0.1) is 23.7 Å². The Balaban J connectivity index is 2.16. The van der Waals surface area contributed by atoms with Gasteiger partial charge in [0.2, 0.25) is 0 Å². The van der Waals surface area contributed by atoms with Crippen LogP contribution in [0.2, 0.25) is 18.1 Å². The topological polar surface area (TPSA) is 52.6 Å². The van der Waals surface area contributed by atoms with E-state index in [1.807, 2.05) is 26.0 Å². The Bertz CT molecular complexity index is 884. The first-order valence-corrected chi connectivity index (χ1v) is 16.6. The zero-order chi connectivity index (χ0) is 27.3. The lowest BCUT2D eigenvalue weighted by Crippen LogP contribution is -2.47. The minimum absolute atomic E-state index is 0.0362. The van der Waals surface area contributed by atoms with Gasteiger partial charge in [0.25, 0.3) is 0 Å². The molecule has 0 N–H and O–H groups in total.